The molecule has 2 aliphatic carbocycles. The number of hydrogen-bond acceptors (Lipinski definition) is 1. The van der Waals surface area contributed by atoms with E-state index in [-0.39, 0.29) is 0 Å². The SMILES string of the molecule is C=Cc1c2c(c3ccc(N(c4ccccc4)c4cccc(C)c4)cc3c1C=C)C1(c3ccccc3-c3ccccc31)c1cc3ccccc3cc1-2. The van der Waals surface area contributed by atoms with Crippen LogP contribution in [0.1, 0.15) is 38.9 Å². The summed E-state index contributed by atoms with van der Waals surface area (Å²) in [6.07, 6.45) is 4.09. The van der Waals surface area contributed by atoms with Crippen LogP contribution >= 0.6 is 0 Å². The molecule has 1 spiro atoms. The second-order valence-corrected chi connectivity index (χ2v) is 13.8. The summed E-state index contributed by atoms with van der Waals surface area (Å²) in [5.74, 6) is 0. The van der Waals surface area contributed by atoms with E-state index >= 15 is 0 Å². The highest BCUT2D eigenvalue weighted by Gasteiger charge is 2.53. The maximum absolute atomic E-state index is 4.47. The number of hydrogen-bond donors (Lipinski definition) is 0. The molecule has 0 amide bonds. The Balaban J connectivity index is 1.37. The van der Waals surface area contributed by atoms with Gasteiger partial charge in [0, 0.05) is 17.1 Å². The van der Waals surface area contributed by atoms with Crippen molar-refractivity contribution in [3.05, 3.63) is 210 Å². The Labute approximate surface area is 299 Å². The van der Waals surface area contributed by atoms with E-state index in [1.165, 1.54) is 71.6 Å². The molecule has 10 rings (SSSR count). The van der Waals surface area contributed by atoms with Crippen molar-refractivity contribution in [3.63, 3.8) is 0 Å². The van der Waals surface area contributed by atoms with Crippen molar-refractivity contribution in [2.75, 3.05) is 4.90 Å². The third kappa shape index (κ3) is 3.98. The van der Waals surface area contributed by atoms with Crippen LogP contribution in [-0.2, 0) is 5.41 Å². The average molecular weight is 650 g/mol. The van der Waals surface area contributed by atoms with Crippen LogP contribution in [0.2, 0.25) is 0 Å². The molecule has 0 saturated carbocycles. The molecule has 0 bridgehead atoms. The van der Waals surface area contributed by atoms with E-state index in [0.29, 0.717) is 0 Å². The van der Waals surface area contributed by atoms with Gasteiger partial charge in [-0.05, 0) is 138 Å². The molecular weight excluding hydrogens is 615 g/mol. The normalized spacial score (nSPS) is 13.1. The van der Waals surface area contributed by atoms with Gasteiger partial charge in [-0.15, -0.1) is 0 Å². The predicted molar refractivity (Wildman–Crippen MR) is 217 cm³/mol. The van der Waals surface area contributed by atoms with Crippen LogP contribution in [0.15, 0.2) is 171 Å². The molecule has 0 aliphatic heterocycles. The summed E-state index contributed by atoms with van der Waals surface area (Å²) >= 11 is 0. The van der Waals surface area contributed by atoms with Crippen molar-refractivity contribution in [1.29, 1.82) is 0 Å². The summed E-state index contributed by atoms with van der Waals surface area (Å²) in [5.41, 5.74) is 16.7. The number of anilines is 3. The van der Waals surface area contributed by atoms with E-state index in [0.717, 1.165) is 28.2 Å². The maximum Gasteiger partial charge on any atom is 0.0731 e. The second-order valence-electron chi connectivity index (χ2n) is 13.8. The summed E-state index contributed by atoms with van der Waals surface area (Å²) in [4.78, 5) is 2.36. The number of benzene rings is 8. The van der Waals surface area contributed by atoms with Gasteiger partial charge in [0.05, 0.1) is 5.41 Å². The Morgan fingerprint density at radius 1 is 0.471 bits per heavy atom. The van der Waals surface area contributed by atoms with Crippen LogP contribution in [0.3, 0.4) is 0 Å². The quantitative estimate of drug-likeness (QED) is 0.179. The minimum atomic E-state index is -0.505. The highest BCUT2D eigenvalue weighted by atomic mass is 15.1. The third-order valence-corrected chi connectivity index (χ3v) is 11.2. The first-order valence-corrected chi connectivity index (χ1v) is 17.7. The zero-order valence-electron chi connectivity index (χ0n) is 28.5. The van der Waals surface area contributed by atoms with Gasteiger partial charge in [-0.25, -0.2) is 0 Å². The van der Waals surface area contributed by atoms with Crippen LogP contribution < -0.4 is 4.90 Å². The first kappa shape index (κ1) is 29.5. The van der Waals surface area contributed by atoms with E-state index in [2.05, 4.69) is 189 Å². The van der Waals surface area contributed by atoms with Gasteiger partial charge in [-0.3, -0.25) is 0 Å². The monoisotopic (exact) mass is 649 g/mol. The molecule has 0 N–H and O–H groups in total. The summed E-state index contributed by atoms with van der Waals surface area (Å²) in [6, 6.07) is 58.1. The smallest absolute Gasteiger partial charge is 0.0731 e. The average Bonchev–Trinajstić information content (AvgIpc) is 3.64. The fraction of sp³-hybridized carbons (Fsp3) is 0.0400. The topological polar surface area (TPSA) is 3.24 Å². The van der Waals surface area contributed by atoms with Crippen LogP contribution in [0.25, 0.3) is 56.0 Å². The standard InChI is InChI=1S/C50H35N/c1-4-38-39(5-2)48-44-29-33-17-9-10-18-34(33)30-47(44)50(45-24-13-11-22-40(45)41-23-12-14-25-46(41)50)49(48)42-27-26-37(31-43(38)42)51(35-19-7-6-8-20-35)36-21-15-16-32(3)28-36/h4-31H,1-2H2,3H3. The molecule has 0 saturated heterocycles. The zero-order chi connectivity index (χ0) is 34.3. The van der Waals surface area contributed by atoms with Crippen molar-refractivity contribution in [1.82, 2.24) is 0 Å². The van der Waals surface area contributed by atoms with Gasteiger partial charge in [0.1, 0.15) is 0 Å². The summed E-state index contributed by atoms with van der Waals surface area (Å²) in [6.45, 7) is 11.0. The van der Waals surface area contributed by atoms with Crippen LogP contribution in [0.4, 0.5) is 17.1 Å². The number of rotatable bonds is 5. The Morgan fingerprint density at radius 2 is 1.08 bits per heavy atom. The van der Waals surface area contributed by atoms with E-state index in [4.69, 9.17) is 0 Å². The number of aryl methyl sites for hydroxylation is 1. The van der Waals surface area contributed by atoms with E-state index < -0.39 is 5.41 Å². The second kappa shape index (κ2) is 11.0. The highest BCUT2D eigenvalue weighted by molar-refractivity contribution is 6.12. The molecule has 0 unspecified atom stereocenters. The number of fused-ring (bicyclic) bond motifs is 13. The van der Waals surface area contributed by atoms with Gasteiger partial charge in [0.2, 0.25) is 0 Å². The van der Waals surface area contributed by atoms with Crippen molar-refractivity contribution in [3.8, 4) is 22.3 Å². The molecule has 8 aromatic carbocycles. The lowest BCUT2D eigenvalue weighted by molar-refractivity contribution is 0.802. The van der Waals surface area contributed by atoms with E-state index in [9.17, 15) is 0 Å². The zero-order valence-corrected chi connectivity index (χ0v) is 28.5. The van der Waals surface area contributed by atoms with Crippen LogP contribution in [0, 0.1) is 6.92 Å². The molecule has 2 aliphatic rings. The van der Waals surface area contributed by atoms with Crippen molar-refractivity contribution >= 4 is 50.8 Å². The lowest BCUT2D eigenvalue weighted by atomic mass is 9.68. The highest BCUT2D eigenvalue weighted by Crippen LogP contribution is 2.65. The molecule has 1 heteroatoms. The summed E-state index contributed by atoms with van der Waals surface area (Å²) in [7, 11) is 0. The van der Waals surface area contributed by atoms with Gasteiger partial charge in [0.25, 0.3) is 0 Å². The van der Waals surface area contributed by atoms with Gasteiger partial charge in [-0.1, -0.05) is 135 Å². The number of nitrogens with zero attached hydrogens (tertiary/aromatic N) is 1. The molecule has 0 radical (unpaired) electrons. The first-order chi connectivity index (χ1) is 25.1. The molecule has 0 aromatic heterocycles. The molecule has 0 fully saturated rings. The van der Waals surface area contributed by atoms with Crippen LogP contribution in [0.5, 0.6) is 0 Å². The third-order valence-electron chi connectivity index (χ3n) is 11.2. The van der Waals surface area contributed by atoms with Crippen LogP contribution in [-0.4, -0.2) is 0 Å². The number of para-hydroxylation sites is 1. The lowest BCUT2D eigenvalue weighted by Gasteiger charge is -2.32. The molecule has 8 aromatic rings. The molecule has 0 heterocycles. The van der Waals surface area contributed by atoms with E-state index in [1.54, 1.807) is 0 Å². The van der Waals surface area contributed by atoms with Gasteiger partial charge in [0.15, 0.2) is 0 Å². The fourth-order valence-corrected chi connectivity index (χ4v) is 9.24. The minimum absolute atomic E-state index is 0.505. The Hall–Kier alpha value is -6.44. The Kier molecular flexibility index (Phi) is 6.38. The predicted octanol–water partition coefficient (Wildman–Crippen LogP) is 13.4. The summed E-state index contributed by atoms with van der Waals surface area (Å²) < 4.78 is 0. The minimum Gasteiger partial charge on any atom is -0.310 e. The van der Waals surface area contributed by atoms with Crippen molar-refractivity contribution in [2.24, 2.45) is 0 Å². The van der Waals surface area contributed by atoms with Crippen molar-refractivity contribution in [2.45, 2.75) is 12.3 Å². The van der Waals surface area contributed by atoms with Gasteiger partial charge in [-0.2, -0.15) is 0 Å². The first-order valence-electron chi connectivity index (χ1n) is 17.7. The fourth-order valence-electron chi connectivity index (χ4n) is 9.24. The summed E-state index contributed by atoms with van der Waals surface area (Å²) in [5, 5.41) is 4.89. The lowest BCUT2D eigenvalue weighted by Crippen LogP contribution is -2.26. The van der Waals surface area contributed by atoms with Gasteiger partial charge >= 0.3 is 0 Å². The van der Waals surface area contributed by atoms with E-state index in [1.807, 2.05) is 6.08 Å². The Morgan fingerprint density at radius 3 is 1.76 bits per heavy atom. The largest absolute Gasteiger partial charge is 0.310 e. The van der Waals surface area contributed by atoms with Crippen molar-refractivity contribution < 1.29 is 0 Å². The molecular formula is C50H35N. The molecule has 1 nitrogen and oxygen atoms in total. The molecule has 240 valence electrons. The Bertz CT molecular complexity index is 2700. The molecule has 51 heavy (non-hydrogen) atoms. The maximum atomic E-state index is 4.47. The molecule has 0 atom stereocenters. The van der Waals surface area contributed by atoms with Gasteiger partial charge < -0.3 is 4.90 Å².